The number of carbonyl (C=O) groups is 1. The normalized spacial score (nSPS) is 19.5. The summed E-state index contributed by atoms with van der Waals surface area (Å²) >= 11 is 5.06. The second-order valence-electron chi connectivity index (χ2n) is 2.90. The number of thioether (sulfide) groups is 1. The topological polar surface area (TPSA) is 40.5 Å². The van der Waals surface area contributed by atoms with Crippen molar-refractivity contribution >= 4 is 39.3 Å². The fraction of sp³-hybridized carbons (Fsp3) is 0.222. The fourth-order valence-electron chi connectivity index (χ4n) is 1.37. The van der Waals surface area contributed by atoms with Crippen LogP contribution in [0.3, 0.4) is 0 Å². The van der Waals surface area contributed by atoms with E-state index in [-0.39, 0.29) is 10.8 Å². The molecule has 1 N–H and O–H groups in total. The van der Waals surface area contributed by atoms with Gasteiger partial charge in [-0.2, -0.15) is 0 Å². The molecule has 1 aliphatic rings. The van der Waals surface area contributed by atoms with Gasteiger partial charge in [-0.3, -0.25) is 4.79 Å². The van der Waals surface area contributed by atoms with Crippen molar-refractivity contribution in [3.8, 4) is 0 Å². The lowest BCUT2D eigenvalue weighted by atomic mass is 10.3. The molecule has 1 aromatic carbocycles. The Bertz CT molecular complexity index is 372. The van der Waals surface area contributed by atoms with E-state index in [0.29, 0.717) is 0 Å². The van der Waals surface area contributed by atoms with Crippen LogP contribution in [0, 0.1) is 0 Å². The van der Waals surface area contributed by atoms with Crippen molar-refractivity contribution in [3.63, 3.8) is 0 Å². The first-order valence-corrected chi connectivity index (χ1v) is 5.86. The molecule has 14 heavy (non-hydrogen) atoms. The van der Waals surface area contributed by atoms with Gasteiger partial charge in [0.25, 0.3) is 0 Å². The van der Waals surface area contributed by atoms with E-state index in [2.05, 4.69) is 15.9 Å². The van der Waals surface area contributed by atoms with Gasteiger partial charge >= 0.3 is 5.97 Å². The van der Waals surface area contributed by atoms with Crippen LogP contribution in [-0.4, -0.2) is 21.9 Å². The van der Waals surface area contributed by atoms with Gasteiger partial charge in [0.15, 0.2) is 0 Å². The molecular formula is C9H8BrNO2S. The molecule has 5 heteroatoms. The Morgan fingerprint density at radius 2 is 2.29 bits per heavy atom. The van der Waals surface area contributed by atoms with E-state index in [1.807, 2.05) is 29.2 Å². The molecule has 0 radical (unpaired) electrons. The van der Waals surface area contributed by atoms with Gasteiger partial charge in [-0.05, 0) is 12.1 Å². The molecule has 0 saturated carbocycles. The van der Waals surface area contributed by atoms with E-state index in [1.165, 1.54) is 0 Å². The van der Waals surface area contributed by atoms with E-state index in [9.17, 15) is 4.79 Å². The third kappa shape index (κ3) is 1.74. The SMILES string of the molecule is O=C(O)CN1c2ccccc2SC1Br. The number of carboxylic acids is 1. The zero-order chi connectivity index (χ0) is 10.1. The first-order chi connectivity index (χ1) is 6.68. The molecule has 1 atom stereocenters. The van der Waals surface area contributed by atoms with Crippen LogP contribution < -0.4 is 4.90 Å². The van der Waals surface area contributed by atoms with Crippen molar-refractivity contribution in [1.82, 2.24) is 0 Å². The minimum atomic E-state index is -0.813. The number of hydrogen-bond donors (Lipinski definition) is 1. The summed E-state index contributed by atoms with van der Waals surface area (Å²) in [5, 5.41) is 8.75. The monoisotopic (exact) mass is 273 g/mol. The Morgan fingerprint density at radius 3 is 3.00 bits per heavy atom. The van der Waals surface area contributed by atoms with Crippen LogP contribution in [0.4, 0.5) is 5.69 Å². The van der Waals surface area contributed by atoms with Crippen molar-refractivity contribution in [2.24, 2.45) is 0 Å². The van der Waals surface area contributed by atoms with Crippen molar-refractivity contribution < 1.29 is 9.90 Å². The van der Waals surface area contributed by atoms with E-state index in [1.54, 1.807) is 11.8 Å². The Hall–Kier alpha value is -0.680. The second kappa shape index (κ2) is 3.82. The zero-order valence-corrected chi connectivity index (χ0v) is 9.59. The Morgan fingerprint density at radius 1 is 1.57 bits per heavy atom. The molecule has 1 heterocycles. The van der Waals surface area contributed by atoms with Crippen LogP contribution in [0.15, 0.2) is 29.2 Å². The highest BCUT2D eigenvalue weighted by molar-refractivity contribution is 9.11. The molecule has 0 bridgehead atoms. The van der Waals surface area contributed by atoms with E-state index < -0.39 is 5.97 Å². The molecule has 0 aromatic heterocycles. The van der Waals surface area contributed by atoms with Crippen LogP contribution in [0.1, 0.15) is 0 Å². The van der Waals surface area contributed by atoms with Crippen molar-refractivity contribution in [2.45, 2.75) is 9.18 Å². The number of fused-ring (bicyclic) bond motifs is 1. The molecule has 0 aliphatic carbocycles. The number of anilines is 1. The van der Waals surface area contributed by atoms with E-state index in [0.717, 1.165) is 10.6 Å². The van der Waals surface area contributed by atoms with Gasteiger partial charge in [0.1, 0.15) is 10.8 Å². The molecule has 0 saturated heterocycles. The van der Waals surface area contributed by atoms with E-state index >= 15 is 0 Å². The van der Waals surface area contributed by atoms with Crippen LogP contribution in [0.5, 0.6) is 0 Å². The lowest BCUT2D eigenvalue weighted by Crippen LogP contribution is -2.30. The van der Waals surface area contributed by atoms with Crippen LogP contribution in [0.2, 0.25) is 0 Å². The Labute approximate surface area is 94.2 Å². The lowest BCUT2D eigenvalue weighted by molar-refractivity contribution is -0.135. The predicted molar refractivity (Wildman–Crippen MR) is 60.0 cm³/mol. The zero-order valence-electron chi connectivity index (χ0n) is 7.18. The van der Waals surface area contributed by atoms with Crippen LogP contribution in [-0.2, 0) is 4.79 Å². The smallest absolute Gasteiger partial charge is 0.323 e. The van der Waals surface area contributed by atoms with Gasteiger partial charge in [0.05, 0.1) is 5.69 Å². The highest BCUT2D eigenvalue weighted by atomic mass is 79.9. The lowest BCUT2D eigenvalue weighted by Gasteiger charge is -2.19. The fourth-order valence-corrected chi connectivity index (χ4v) is 3.33. The average Bonchev–Trinajstić information content (AvgIpc) is 2.43. The molecule has 0 amide bonds. The highest BCUT2D eigenvalue weighted by Crippen LogP contribution is 2.45. The van der Waals surface area contributed by atoms with Crippen molar-refractivity contribution in [1.29, 1.82) is 0 Å². The Balaban J connectivity index is 2.30. The predicted octanol–water partition coefficient (Wildman–Crippen LogP) is 2.36. The van der Waals surface area contributed by atoms with Crippen molar-refractivity contribution in [2.75, 3.05) is 11.4 Å². The quantitative estimate of drug-likeness (QED) is 0.664. The average molecular weight is 274 g/mol. The molecular weight excluding hydrogens is 266 g/mol. The molecule has 3 nitrogen and oxygen atoms in total. The maximum absolute atomic E-state index is 10.6. The first kappa shape index (κ1) is 9.86. The van der Waals surface area contributed by atoms with Gasteiger partial charge in [-0.15, -0.1) is 0 Å². The maximum Gasteiger partial charge on any atom is 0.323 e. The minimum Gasteiger partial charge on any atom is -0.480 e. The number of hydrogen-bond acceptors (Lipinski definition) is 3. The van der Waals surface area contributed by atoms with Crippen LogP contribution in [0.25, 0.3) is 0 Å². The summed E-state index contributed by atoms with van der Waals surface area (Å²) in [5.74, 6) is -0.813. The molecule has 2 rings (SSSR count). The summed E-state index contributed by atoms with van der Waals surface area (Å²) in [6.07, 6.45) is 0. The molecule has 0 spiro atoms. The van der Waals surface area contributed by atoms with Gasteiger partial charge in [0.2, 0.25) is 0 Å². The summed E-state index contributed by atoms with van der Waals surface area (Å²) in [6, 6.07) is 7.80. The summed E-state index contributed by atoms with van der Waals surface area (Å²) in [4.78, 5) is 13.6. The molecule has 1 unspecified atom stereocenters. The number of alkyl halides is 1. The number of halogens is 1. The summed E-state index contributed by atoms with van der Waals surface area (Å²) in [6.45, 7) is 0.0277. The summed E-state index contributed by atoms with van der Waals surface area (Å²) in [5.41, 5.74) is 0.988. The number of nitrogens with zero attached hydrogens (tertiary/aromatic N) is 1. The van der Waals surface area contributed by atoms with E-state index in [4.69, 9.17) is 5.11 Å². The number of benzene rings is 1. The number of rotatable bonds is 2. The van der Waals surface area contributed by atoms with Gasteiger partial charge < -0.3 is 10.0 Å². The third-order valence-electron chi connectivity index (χ3n) is 1.95. The summed E-state index contributed by atoms with van der Waals surface area (Å²) < 4.78 is 0.0241. The molecule has 1 aliphatic heterocycles. The maximum atomic E-state index is 10.6. The van der Waals surface area contributed by atoms with Crippen molar-refractivity contribution in [3.05, 3.63) is 24.3 Å². The van der Waals surface area contributed by atoms with Crippen LogP contribution >= 0.6 is 27.7 Å². The Kier molecular flexibility index (Phi) is 2.69. The van der Waals surface area contributed by atoms with Gasteiger partial charge in [-0.25, -0.2) is 0 Å². The molecule has 74 valence electrons. The number of para-hydroxylation sites is 1. The highest BCUT2D eigenvalue weighted by Gasteiger charge is 2.28. The minimum absolute atomic E-state index is 0.0241. The molecule has 0 fully saturated rings. The second-order valence-corrected chi connectivity index (χ2v) is 5.49. The van der Waals surface area contributed by atoms with Gasteiger partial charge in [-0.1, -0.05) is 39.8 Å². The van der Waals surface area contributed by atoms with Gasteiger partial charge in [0, 0.05) is 4.90 Å². The number of aliphatic carboxylic acids is 1. The first-order valence-electron chi connectivity index (χ1n) is 4.06. The third-order valence-corrected chi connectivity index (χ3v) is 4.05. The molecule has 1 aromatic rings. The standard InChI is InChI=1S/C9H8BrNO2S/c10-9-11(5-8(12)13)6-3-1-2-4-7(6)14-9/h1-4,9H,5H2,(H,12,13). The largest absolute Gasteiger partial charge is 0.480 e. The number of carboxylic acid groups (broad SMARTS) is 1. The summed E-state index contributed by atoms with van der Waals surface area (Å²) in [7, 11) is 0.